The van der Waals surface area contributed by atoms with Crippen LogP contribution in [0.5, 0.6) is 5.75 Å². The summed E-state index contributed by atoms with van der Waals surface area (Å²) in [7, 11) is 4.18. The number of halogens is 1. The Hall–Kier alpha value is -2.04. The quantitative estimate of drug-likeness (QED) is 0.604. The normalized spacial score (nSPS) is 11.3. The lowest BCUT2D eigenvalue weighted by Gasteiger charge is -2.16. The maximum Gasteiger partial charge on any atom is 0.123 e. The maximum absolute atomic E-state index is 5.95. The first-order chi connectivity index (χ1) is 11.6. The molecule has 0 saturated heterocycles. The van der Waals surface area contributed by atoms with Gasteiger partial charge < -0.3 is 9.30 Å². The molecule has 126 valence electrons. The Morgan fingerprint density at radius 1 is 1.17 bits per heavy atom. The van der Waals surface area contributed by atoms with Gasteiger partial charge in [0, 0.05) is 18.6 Å². The lowest BCUT2D eigenvalue weighted by molar-refractivity contribution is 0.254. The molecule has 24 heavy (non-hydrogen) atoms. The Balaban J connectivity index is 1.48. The number of ether oxygens (including phenoxy) is 1. The summed E-state index contributed by atoms with van der Waals surface area (Å²) in [4.78, 5) is 6.98. The zero-order valence-electron chi connectivity index (χ0n) is 14.1. The Morgan fingerprint density at radius 2 is 2.00 bits per heavy atom. The van der Waals surface area contributed by atoms with Crippen molar-refractivity contribution in [2.45, 2.75) is 13.0 Å². The van der Waals surface area contributed by atoms with Crippen molar-refractivity contribution in [1.29, 1.82) is 0 Å². The molecule has 5 heteroatoms. The largest absolute Gasteiger partial charge is 0.493 e. The second kappa shape index (κ2) is 7.69. The van der Waals surface area contributed by atoms with Gasteiger partial charge in [0.25, 0.3) is 0 Å². The van der Waals surface area contributed by atoms with E-state index in [-0.39, 0.29) is 0 Å². The van der Waals surface area contributed by atoms with Gasteiger partial charge in [0.2, 0.25) is 0 Å². The second-order valence-electron chi connectivity index (χ2n) is 5.97. The van der Waals surface area contributed by atoms with Gasteiger partial charge in [-0.05, 0) is 43.8 Å². The Morgan fingerprint density at radius 3 is 2.79 bits per heavy atom. The number of hydrogen-bond donors (Lipinski definition) is 0. The average molecular weight is 344 g/mol. The van der Waals surface area contributed by atoms with Crippen LogP contribution in [0, 0.1) is 0 Å². The fourth-order valence-corrected chi connectivity index (χ4v) is 2.92. The van der Waals surface area contributed by atoms with E-state index in [1.807, 2.05) is 36.4 Å². The maximum atomic E-state index is 5.95. The molecule has 0 amide bonds. The summed E-state index contributed by atoms with van der Waals surface area (Å²) in [5.41, 5.74) is 2.22. The van der Waals surface area contributed by atoms with Crippen molar-refractivity contribution in [1.82, 2.24) is 14.5 Å². The molecule has 2 aromatic carbocycles. The summed E-state index contributed by atoms with van der Waals surface area (Å²) >= 11 is 5.95. The van der Waals surface area contributed by atoms with E-state index in [2.05, 4.69) is 35.7 Å². The Kier molecular flexibility index (Phi) is 5.38. The average Bonchev–Trinajstić information content (AvgIpc) is 2.88. The zero-order chi connectivity index (χ0) is 16.9. The highest BCUT2D eigenvalue weighted by Crippen LogP contribution is 2.17. The van der Waals surface area contributed by atoms with Crippen LogP contribution >= 0.6 is 11.6 Å². The lowest BCUT2D eigenvalue weighted by Crippen LogP contribution is -2.22. The zero-order valence-corrected chi connectivity index (χ0v) is 14.8. The van der Waals surface area contributed by atoms with Gasteiger partial charge in [-0.1, -0.05) is 29.8 Å². The third-order valence-corrected chi connectivity index (χ3v) is 4.28. The van der Waals surface area contributed by atoms with Crippen molar-refractivity contribution in [3.05, 3.63) is 59.4 Å². The highest BCUT2D eigenvalue weighted by atomic mass is 35.5. The van der Waals surface area contributed by atoms with Crippen LogP contribution in [0.4, 0.5) is 0 Å². The van der Waals surface area contributed by atoms with Crippen molar-refractivity contribution < 1.29 is 4.74 Å². The predicted octanol–water partition coefficient (Wildman–Crippen LogP) is 4.13. The molecule has 0 aliphatic rings. The Labute approximate surface area is 147 Å². The highest BCUT2D eigenvalue weighted by molar-refractivity contribution is 6.30. The van der Waals surface area contributed by atoms with E-state index in [0.29, 0.717) is 11.6 Å². The molecule has 1 heterocycles. The number of hydrogen-bond acceptors (Lipinski definition) is 3. The predicted molar refractivity (Wildman–Crippen MR) is 98.6 cm³/mol. The van der Waals surface area contributed by atoms with Crippen LogP contribution in [-0.4, -0.2) is 34.7 Å². The van der Waals surface area contributed by atoms with Crippen molar-refractivity contribution in [2.75, 3.05) is 20.2 Å². The SMILES string of the molecule is CN(CCCOc1cccc(Cl)c1)Cc1nc2ccccc2n1C. The fraction of sp³-hybridized carbons (Fsp3) is 0.316. The molecule has 0 bridgehead atoms. The number of fused-ring (bicyclic) bond motifs is 1. The monoisotopic (exact) mass is 343 g/mol. The van der Waals surface area contributed by atoms with E-state index in [0.717, 1.165) is 36.6 Å². The van der Waals surface area contributed by atoms with Gasteiger partial charge in [-0.2, -0.15) is 0 Å². The number of rotatable bonds is 7. The number of imidazole rings is 1. The fourth-order valence-electron chi connectivity index (χ4n) is 2.74. The van der Waals surface area contributed by atoms with Crippen molar-refractivity contribution >= 4 is 22.6 Å². The minimum Gasteiger partial charge on any atom is -0.493 e. The van der Waals surface area contributed by atoms with Crippen molar-refractivity contribution in [3.63, 3.8) is 0 Å². The number of benzene rings is 2. The first-order valence-corrected chi connectivity index (χ1v) is 8.48. The highest BCUT2D eigenvalue weighted by Gasteiger charge is 2.09. The topological polar surface area (TPSA) is 30.3 Å². The standard InChI is InChI=1S/C19H22ClN3O/c1-22(11-6-12-24-16-8-5-7-15(20)13-16)14-19-21-17-9-3-4-10-18(17)23(19)2/h3-5,7-10,13H,6,11-12,14H2,1-2H3. The molecule has 0 fully saturated rings. The van der Waals surface area contributed by atoms with Gasteiger partial charge in [0.15, 0.2) is 0 Å². The Bertz CT molecular complexity index is 815. The van der Waals surface area contributed by atoms with Gasteiger partial charge in [0.05, 0.1) is 24.2 Å². The van der Waals surface area contributed by atoms with Crippen LogP contribution < -0.4 is 4.74 Å². The van der Waals surface area contributed by atoms with Crippen LogP contribution in [-0.2, 0) is 13.6 Å². The van der Waals surface area contributed by atoms with Gasteiger partial charge in [-0.15, -0.1) is 0 Å². The molecule has 4 nitrogen and oxygen atoms in total. The van der Waals surface area contributed by atoms with Crippen LogP contribution in [0.2, 0.25) is 5.02 Å². The molecular formula is C19H22ClN3O. The van der Waals surface area contributed by atoms with Crippen LogP contribution in [0.3, 0.4) is 0 Å². The molecule has 3 rings (SSSR count). The molecule has 0 N–H and O–H groups in total. The van der Waals surface area contributed by atoms with Gasteiger partial charge in [-0.3, -0.25) is 4.90 Å². The van der Waals surface area contributed by atoms with Gasteiger partial charge in [-0.25, -0.2) is 4.98 Å². The van der Waals surface area contributed by atoms with Crippen LogP contribution in [0.15, 0.2) is 48.5 Å². The van der Waals surface area contributed by atoms with Crippen molar-refractivity contribution in [3.8, 4) is 5.75 Å². The summed E-state index contributed by atoms with van der Waals surface area (Å²) in [5.74, 6) is 1.90. The molecule has 0 aliphatic carbocycles. The second-order valence-corrected chi connectivity index (χ2v) is 6.41. The summed E-state index contributed by atoms with van der Waals surface area (Å²) in [6, 6.07) is 15.7. The molecule has 0 saturated carbocycles. The van der Waals surface area contributed by atoms with E-state index < -0.39 is 0 Å². The van der Waals surface area contributed by atoms with Crippen LogP contribution in [0.1, 0.15) is 12.2 Å². The molecule has 0 unspecified atom stereocenters. The van der Waals surface area contributed by atoms with Crippen molar-refractivity contribution in [2.24, 2.45) is 7.05 Å². The minimum absolute atomic E-state index is 0.674. The van der Waals surface area contributed by atoms with E-state index in [9.17, 15) is 0 Å². The summed E-state index contributed by atoms with van der Waals surface area (Å²) in [6.45, 7) is 2.44. The number of nitrogens with zero attached hydrogens (tertiary/aromatic N) is 3. The molecule has 3 aromatic rings. The van der Waals surface area contributed by atoms with E-state index in [1.165, 1.54) is 5.52 Å². The molecule has 0 radical (unpaired) electrons. The van der Waals surface area contributed by atoms with E-state index >= 15 is 0 Å². The third kappa shape index (κ3) is 4.08. The van der Waals surface area contributed by atoms with Gasteiger partial charge >= 0.3 is 0 Å². The minimum atomic E-state index is 0.674. The summed E-state index contributed by atoms with van der Waals surface area (Å²) in [6.07, 6.45) is 0.951. The summed E-state index contributed by atoms with van der Waals surface area (Å²) in [5, 5.41) is 0.700. The van der Waals surface area contributed by atoms with Gasteiger partial charge in [0.1, 0.15) is 11.6 Å². The van der Waals surface area contributed by atoms with E-state index in [4.69, 9.17) is 21.3 Å². The molecular weight excluding hydrogens is 322 g/mol. The molecule has 0 atom stereocenters. The molecule has 0 spiro atoms. The number of para-hydroxylation sites is 2. The first kappa shape index (κ1) is 16.8. The van der Waals surface area contributed by atoms with E-state index in [1.54, 1.807) is 0 Å². The number of aromatic nitrogens is 2. The lowest BCUT2D eigenvalue weighted by atomic mass is 10.3. The smallest absolute Gasteiger partial charge is 0.123 e. The third-order valence-electron chi connectivity index (χ3n) is 4.04. The van der Waals surface area contributed by atoms with Crippen LogP contribution in [0.25, 0.3) is 11.0 Å². The molecule has 0 aliphatic heterocycles. The number of aryl methyl sites for hydroxylation is 1. The first-order valence-electron chi connectivity index (χ1n) is 8.11. The summed E-state index contributed by atoms with van der Waals surface area (Å²) < 4.78 is 7.89. The molecule has 1 aromatic heterocycles.